The van der Waals surface area contributed by atoms with E-state index in [1.54, 1.807) is 7.11 Å². The monoisotopic (exact) mass is 335 g/mol. The van der Waals surface area contributed by atoms with E-state index in [4.69, 9.17) is 9.15 Å². The van der Waals surface area contributed by atoms with Gasteiger partial charge in [-0.15, -0.1) is 0 Å². The van der Waals surface area contributed by atoms with Gasteiger partial charge in [-0.1, -0.05) is 24.3 Å². The summed E-state index contributed by atoms with van der Waals surface area (Å²) < 4.78 is 11.2. The van der Waals surface area contributed by atoms with E-state index in [0.717, 1.165) is 46.4 Å². The van der Waals surface area contributed by atoms with Crippen LogP contribution in [0.1, 0.15) is 39.7 Å². The summed E-state index contributed by atoms with van der Waals surface area (Å²) in [4.78, 5) is 14.9. The molecule has 1 aromatic heterocycles. The van der Waals surface area contributed by atoms with Gasteiger partial charge in [-0.25, -0.2) is 0 Å². The van der Waals surface area contributed by atoms with Gasteiger partial charge in [0.05, 0.1) is 13.2 Å². The molecule has 1 unspecified atom stereocenters. The van der Waals surface area contributed by atoms with Crippen molar-refractivity contribution in [3.8, 4) is 5.75 Å². The van der Waals surface area contributed by atoms with Gasteiger partial charge in [-0.2, -0.15) is 0 Å². The van der Waals surface area contributed by atoms with Crippen molar-refractivity contribution in [2.24, 2.45) is 0 Å². The van der Waals surface area contributed by atoms with E-state index in [1.807, 2.05) is 61.2 Å². The summed E-state index contributed by atoms with van der Waals surface area (Å²) in [5, 5.41) is 1.01. The van der Waals surface area contributed by atoms with Crippen LogP contribution in [0.25, 0.3) is 11.0 Å². The largest absolute Gasteiger partial charge is 0.497 e. The number of carbonyl (C=O) groups is 1. The first-order valence-corrected chi connectivity index (χ1v) is 8.53. The van der Waals surface area contributed by atoms with Gasteiger partial charge in [0.1, 0.15) is 11.3 Å². The van der Waals surface area contributed by atoms with Crippen molar-refractivity contribution in [1.82, 2.24) is 4.90 Å². The predicted molar refractivity (Wildman–Crippen MR) is 97.1 cm³/mol. The first-order chi connectivity index (χ1) is 12.1. The third-order valence-corrected chi connectivity index (χ3v) is 5.05. The van der Waals surface area contributed by atoms with E-state index in [-0.39, 0.29) is 11.9 Å². The molecule has 0 N–H and O–H groups in total. The lowest BCUT2D eigenvalue weighted by Crippen LogP contribution is -2.45. The molecule has 0 bridgehead atoms. The summed E-state index contributed by atoms with van der Waals surface area (Å²) in [6.07, 6.45) is 0.956. The number of likely N-dealkylation sites (tertiary alicyclic amines) is 1. The van der Waals surface area contributed by atoms with Crippen molar-refractivity contribution in [3.05, 3.63) is 64.9 Å². The van der Waals surface area contributed by atoms with Gasteiger partial charge >= 0.3 is 0 Å². The maximum Gasteiger partial charge on any atom is 0.290 e. The number of amides is 1. The van der Waals surface area contributed by atoms with Gasteiger partial charge in [-0.3, -0.25) is 4.79 Å². The number of hydrogen-bond donors (Lipinski definition) is 0. The minimum absolute atomic E-state index is 0.0366. The molecule has 0 saturated carbocycles. The fraction of sp³-hybridized carbons (Fsp3) is 0.286. The Morgan fingerprint density at radius 3 is 2.76 bits per heavy atom. The predicted octanol–water partition coefficient (Wildman–Crippen LogP) is 4.65. The lowest BCUT2D eigenvalue weighted by molar-refractivity contribution is 0.0428. The summed E-state index contributed by atoms with van der Waals surface area (Å²) in [5.41, 5.74) is 3.91. The van der Waals surface area contributed by atoms with Gasteiger partial charge in [0.2, 0.25) is 0 Å². The zero-order chi connectivity index (χ0) is 17.6. The molecular weight excluding hydrogens is 314 g/mol. The average molecular weight is 335 g/mol. The van der Waals surface area contributed by atoms with Crippen LogP contribution < -0.4 is 4.74 Å². The highest BCUT2D eigenvalue weighted by Gasteiger charge is 2.36. The summed E-state index contributed by atoms with van der Waals surface area (Å²) in [6.45, 7) is 4.72. The molecule has 0 spiro atoms. The molecule has 0 aliphatic carbocycles. The highest BCUT2D eigenvalue weighted by Crippen LogP contribution is 2.37. The summed E-state index contributed by atoms with van der Waals surface area (Å²) in [7, 11) is 1.66. The number of benzene rings is 2. The number of nitrogens with zero attached hydrogens (tertiary/aromatic N) is 1. The van der Waals surface area contributed by atoms with E-state index in [1.165, 1.54) is 0 Å². The summed E-state index contributed by atoms with van der Waals surface area (Å²) >= 11 is 0. The van der Waals surface area contributed by atoms with Crippen LogP contribution in [0.15, 0.2) is 46.9 Å². The molecule has 3 aromatic rings. The van der Waals surface area contributed by atoms with Crippen molar-refractivity contribution in [3.63, 3.8) is 0 Å². The number of ether oxygens (including phenoxy) is 1. The van der Waals surface area contributed by atoms with Crippen molar-refractivity contribution < 1.29 is 13.9 Å². The number of methoxy groups -OCH3 is 1. The minimum Gasteiger partial charge on any atom is -0.497 e. The molecular formula is C21H21NO3. The first-order valence-electron chi connectivity index (χ1n) is 8.53. The Kier molecular flexibility index (Phi) is 3.75. The van der Waals surface area contributed by atoms with Crippen LogP contribution in [-0.2, 0) is 0 Å². The molecule has 4 heteroatoms. The van der Waals surface area contributed by atoms with Crippen LogP contribution in [0.2, 0.25) is 0 Å². The number of aryl methyl sites for hydroxylation is 2. The van der Waals surface area contributed by atoms with Crippen LogP contribution in [0.5, 0.6) is 5.75 Å². The molecule has 4 nitrogen and oxygen atoms in total. The molecule has 25 heavy (non-hydrogen) atoms. The third-order valence-electron chi connectivity index (χ3n) is 5.05. The highest BCUT2D eigenvalue weighted by atomic mass is 16.5. The van der Waals surface area contributed by atoms with Gasteiger partial charge in [0.25, 0.3) is 5.91 Å². The van der Waals surface area contributed by atoms with E-state index < -0.39 is 0 Å². The normalized spacial score (nSPS) is 16.8. The maximum atomic E-state index is 13.0. The first kappa shape index (κ1) is 15.8. The summed E-state index contributed by atoms with van der Waals surface area (Å²) in [6, 6.07) is 14.1. The molecule has 0 radical (unpaired) electrons. The molecule has 1 aliphatic heterocycles. The topological polar surface area (TPSA) is 42.7 Å². The van der Waals surface area contributed by atoms with Crippen molar-refractivity contribution >= 4 is 16.9 Å². The van der Waals surface area contributed by atoms with Crippen molar-refractivity contribution in [1.29, 1.82) is 0 Å². The molecule has 4 rings (SSSR count). The van der Waals surface area contributed by atoms with Crippen molar-refractivity contribution in [2.45, 2.75) is 26.3 Å². The second-order valence-electron chi connectivity index (χ2n) is 6.64. The quantitative estimate of drug-likeness (QED) is 0.700. The van der Waals surface area contributed by atoms with Crippen LogP contribution in [-0.4, -0.2) is 24.5 Å². The maximum absolute atomic E-state index is 13.0. The lowest BCUT2D eigenvalue weighted by Gasteiger charge is -2.41. The fourth-order valence-corrected chi connectivity index (χ4v) is 3.49. The Morgan fingerprint density at radius 2 is 2.04 bits per heavy atom. The van der Waals surface area contributed by atoms with Gasteiger partial charge in [0.15, 0.2) is 5.76 Å². The van der Waals surface area contributed by atoms with Gasteiger partial charge in [0, 0.05) is 17.5 Å². The second kappa shape index (κ2) is 5.96. The van der Waals surface area contributed by atoms with Crippen LogP contribution in [0, 0.1) is 13.8 Å². The standard InChI is InChI=1S/C21H21NO3/c1-13-7-8-17-14(2)20(25-19(17)11-13)21(23)22-10-9-18(22)15-5-4-6-16(12-15)24-3/h4-8,11-12,18H,9-10H2,1-3H3. The molecule has 1 fully saturated rings. The Labute approximate surface area is 147 Å². The van der Waals surface area contributed by atoms with E-state index in [2.05, 4.69) is 0 Å². The van der Waals surface area contributed by atoms with E-state index >= 15 is 0 Å². The third kappa shape index (κ3) is 2.58. The van der Waals surface area contributed by atoms with Crippen LogP contribution >= 0.6 is 0 Å². The average Bonchev–Trinajstić information content (AvgIpc) is 2.90. The number of hydrogen-bond acceptors (Lipinski definition) is 3. The smallest absolute Gasteiger partial charge is 0.290 e. The SMILES string of the molecule is COc1cccc(C2CCN2C(=O)c2oc3cc(C)ccc3c2C)c1. The lowest BCUT2D eigenvalue weighted by atomic mass is 9.94. The zero-order valence-electron chi connectivity index (χ0n) is 14.7. The molecule has 128 valence electrons. The number of carbonyl (C=O) groups excluding carboxylic acids is 1. The van der Waals surface area contributed by atoms with Gasteiger partial charge in [-0.05, 0) is 49.6 Å². The number of fused-ring (bicyclic) bond motifs is 1. The minimum atomic E-state index is -0.0366. The van der Waals surface area contributed by atoms with Crippen molar-refractivity contribution in [2.75, 3.05) is 13.7 Å². The Morgan fingerprint density at radius 1 is 1.20 bits per heavy atom. The number of furan rings is 1. The number of rotatable bonds is 3. The zero-order valence-corrected chi connectivity index (χ0v) is 14.7. The molecule has 1 atom stereocenters. The van der Waals surface area contributed by atoms with E-state index in [9.17, 15) is 4.79 Å². The Bertz CT molecular complexity index is 957. The molecule has 1 aliphatic rings. The fourth-order valence-electron chi connectivity index (χ4n) is 3.49. The van der Waals surface area contributed by atoms with Crippen LogP contribution in [0.4, 0.5) is 0 Å². The Hall–Kier alpha value is -2.75. The Balaban J connectivity index is 1.66. The van der Waals surface area contributed by atoms with E-state index in [0.29, 0.717) is 5.76 Å². The summed E-state index contributed by atoms with van der Waals surface area (Å²) in [5.74, 6) is 1.23. The molecule has 2 aromatic carbocycles. The molecule has 1 saturated heterocycles. The molecule has 2 heterocycles. The molecule has 1 amide bonds. The van der Waals surface area contributed by atoms with Gasteiger partial charge < -0.3 is 14.1 Å². The second-order valence-corrected chi connectivity index (χ2v) is 6.64. The highest BCUT2D eigenvalue weighted by molar-refractivity contribution is 5.99. The van der Waals surface area contributed by atoms with Crippen LogP contribution in [0.3, 0.4) is 0 Å².